The molecule has 2 aromatic carbocycles. The highest BCUT2D eigenvalue weighted by molar-refractivity contribution is 6.06. The van der Waals surface area contributed by atoms with Gasteiger partial charge in [0, 0.05) is 5.56 Å². The first-order valence-corrected chi connectivity index (χ1v) is 7.13. The molecule has 2 aromatic rings. The van der Waals surface area contributed by atoms with Gasteiger partial charge in [0.05, 0.1) is 5.56 Å². The van der Waals surface area contributed by atoms with E-state index >= 15 is 0 Å². The highest BCUT2D eigenvalue weighted by Gasteiger charge is 2.04. The second kappa shape index (κ2) is 6.85. The van der Waals surface area contributed by atoms with Crippen molar-refractivity contribution in [1.29, 1.82) is 0 Å². The van der Waals surface area contributed by atoms with Gasteiger partial charge in [-0.05, 0) is 35.3 Å². The Morgan fingerprint density at radius 2 is 1.45 bits per heavy atom. The van der Waals surface area contributed by atoms with E-state index in [1.54, 1.807) is 18.2 Å². The van der Waals surface area contributed by atoms with Crippen molar-refractivity contribution in [3.05, 3.63) is 76.9 Å². The molecule has 0 aliphatic carbocycles. The summed E-state index contributed by atoms with van der Waals surface area (Å²) >= 11 is 0. The van der Waals surface area contributed by atoms with Crippen LogP contribution in [0.1, 0.15) is 51.6 Å². The van der Waals surface area contributed by atoms with E-state index < -0.39 is 5.97 Å². The van der Waals surface area contributed by atoms with Crippen LogP contribution in [0.25, 0.3) is 6.08 Å². The Morgan fingerprint density at radius 3 is 1.95 bits per heavy atom. The first kappa shape index (κ1) is 15.7. The number of rotatable bonds is 5. The molecule has 2 rings (SSSR count). The van der Waals surface area contributed by atoms with Crippen molar-refractivity contribution in [2.24, 2.45) is 0 Å². The molecule has 3 heteroatoms. The monoisotopic (exact) mass is 294 g/mol. The molecule has 0 heterocycles. The smallest absolute Gasteiger partial charge is 0.335 e. The molecule has 0 aromatic heterocycles. The SMILES string of the molecule is CC(C)c1ccc(C(=O)/C=C/c2ccc(C(=O)O)cc2)cc1. The molecule has 0 saturated heterocycles. The van der Waals surface area contributed by atoms with Crippen LogP contribution in [0.3, 0.4) is 0 Å². The fourth-order valence-corrected chi connectivity index (χ4v) is 2.04. The quantitative estimate of drug-likeness (QED) is 0.656. The van der Waals surface area contributed by atoms with Crippen LogP contribution < -0.4 is 0 Å². The summed E-state index contributed by atoms with van der Waals surface area (Å²) in [7, 11) is 0. The van der Waals surface area contributed by atoms with Gasteiger partial charge in [-0.15, -0.1) is 0 Å². The predicted octanol–water partition coefficient (Wildman–Crippen LogP) is 4.40. The molecule has 3 nitrogen and oxygen atoms in total. The molecule has 0 radical (unpaired) electrons. The van der Waals surface area contributed by atoms with Crippen LogP contribution in [0.5, 0.6) is 0 Å². The van der Waals surface area contributed by atoms with Crippen LogP contribution in [0, 0.1) is 0 Å². The lowest BCUT2D eigenvalue weighted by molar-refractivity contribution is 0.0696. The predicted molar refractivity (Wildman–Crippen MR) is 87.3 cm³/mol. The number of carbonyl (C=O) groups excluding carboxylic acids is 1. The summed E-state index contributed by atoms with van der Waals surface area (Å²) in [5, 5.41) is 8.83. The standard InChI is InChI=1S/C19H18O3/c1-13(2)15-8-10-16(11-9-15)18(20)12-5-14-3-6-17(7-4-14)19(21)22/h3-13H,1-2H3,(H,21,22)/b12-5+. The number of hydrogen-bond acceptors (Lipinski definition) is 2. The molecule has 0 aliphatic heterocycles. The molecule has 0 atom stereocenters. The van der Waals surface area contributed by atoms with E-state index in [0.717, 1.165) is 5.56 Å². The lowest BCUT2D eigenvalue weighted by Gasteiger charge is -2.05. The topological polar surface area (TPSA) is 54.4 Å². The minimum atomic E-state index is -0.961. The van der Waals surface area contributed by atoms with Gasteiger partial charge in [-0.2, -0.15) is 0 Å². The summed E-state index contributed by atoms with van der Waals surface area (Å²) in [6, 6.07) is 14.0. The molecule has 112 valence electrons. The second-order valence-corrected chi connectivity index (χ2v) is 5.40. The van der Waals surface area contributed by atoms with Gasteiger partial charge in [0.25, 0.3) is 0 Å². The lowest BCUT2D eigenvalue weighted by atomic mass is 10.0. The number of carbonyl (C=O) groups is 2. The number of hydrogen-bond donors (Lipinski definition) is 1. The van der Waals surface area contributed by atoms with Crippen LogP contribution in [-0.2, 0) is 0 Å². The van der Waals surface area contributed by atoms with E-state index in [1.165, 1.54) is 23.8 Å². The zero-order valence-corrected chi connectivity index (χ0v) is 12.6. The summed E-state index contributed by atoms with van der Waals surface area (Å²) < 4.78 is 0. The second-order valence-electron chi connectivity index (χ2n) is 5.40. The molecule has 0 unspecified atom stereocenters. The van der Waals surface area contributed by atoms with Crippen LogP contribution in [0.15, 0.2) is 54.6 Å². The van der Waals surface area contributed by atoms with Crippen molar-refractivity contribution in [2.75, 3.05) is 0 Å². The third-order valence-corrected chi connectivity index (χ3v) is 3.45. The molecule has 0 fully saturated rings. The highest BCUT2D eigenvalue weighted by Crippen LogP contribution is 2.15. The van der Waals surface area contributed by atoms with Crippen LogP contribution in [-0.4, -0.2) is 16.9 Å². The maximum absolute atomic E-state index is 12.1. The zero-order valence-electron chi connectivity index (χ0n) is 12.6. The Kier molecular flexibility index (Phi) is 4.89. The average Bonchev–Trinajstić information content (AvgIpc) is 2.53. The number of benzene rings is 2. The van der Waals surface area contributed by atoms with Crippen LogP contribution in [0.4, 0.5) is 0 Å². The third-order valence-electron chi connectivity index (χ3n) is 3.45. The van der Waals surface area contributed by atoms with Crippen LogP contribution >= 0.6 is 0 Å². The first-order valence-electron chi connectivity index (χ1n) is 7.13. The van der Waals surface area contributed by atoms with Gasteiger partial charge in [0.2, 0.25) is 0 Å². The third kappa shape index (κ3) is 3.92. The summed E-state index contributed by atoms with van der Waals surface area (Å²) in [5.74, 6) is -0.595. The zero-order chi connectivity index (χ0) is 16.1. The fourth-order valence-electron chi connectivity index (χ4n) is 2.04. The largest absolute Gasteiger partial charge is 0.478 e. The van der Waals surface area contributed by atoms with Crippen molar-refractivity contribution in [2.45, 2.75) is 19.8 Å². The van der Waals surface area contributed by atoms with Crippen molar-refractivity contribution >= 4 is 17.8 Å². The van der Waals surface area contributed by atoms with Crippen molar-refractivity contribution in [1.82, 2.24) is 0 Å². The minimum absolute atomic E-state index is 0.0717. The average molecular weight is 294 g/mol. The molecule has 1 N–H and O–H groups in total. The Morgan fingerprint density at radius 1 is 0.909 bits per heavy atom. The van der Waals surface area contributed by atoms with Crippen LogP contribution in [0.2, 0.25) is 0 Å². The lowest BCUT2D eigenvalue weighted by Crippen LogP contribution is -1.96. The number of aromatic carboxylic acids is 1. The molecule has 0 saturated carbocycles. The van der Waals surface area contributed by atoms with Crippen molar-refractivity contribution in [3.63, 3.8) is 0 Å². The maximum atomic E-state index is 12.1. The van der Waals surface area contributed by atoms with Gasteiger partial charge in [0.1, 0.15) is 0 Å². The fraction of sp³-hybridized carbons (Fsp3) is 0.158. The van der Waals surface area contributed by atoms with Gasteiger partial charge in [-0.1, -0.05) is 56.3 Å². The normalized spacial score (nSPS) is 11.0. The number of ketones is 1. The Bertz CT molecular complexity index is 692. The van der Waals surface area contributed by atoms with Gasteiger partial charge in [0.15, 0.2) is 5.78 Å². The maximum Gasteiger partial charge on any atom is 0.335 e. The Labute approximate surface area is 129 Å². The summed E-state index contributed by atoms with van der Waals surface area (Å²) in [6.45, 7) is 4.22. The van der Waals surface area contributed by atoms with Gasteiger partial charge in [-0.25, -0.2) is 4.79 Å². The summed E-state index contributed by atoms with van der Waals surface area (Å²) in [4.78, 5) is 22.9. The van der Waals surface area contributed by atoms with Gasteiger partial charge < -0.3 is 5.11 Å². The highest BCUT2D eigenvalue weighted by atomic mass is 16.4. The molecule has 0 aliphatic rings. The molecular formula is C19H18O3. The Hall–Kier alpha value is -2.68. The van der Waals surface area contributed by atoms with Crippen molar-refractivity contribution < 1.29 is 14.7 Å². The summed E-state index contributed by atoms with van der Waals surface area (Å²) in [6.07, 6.45) is 3.18. The number of carboxylic acids is 1. The first-order chi connectivity index (χ1) is 10.5. The Balaban J connectivity index is 2.08. The van der Waals surface area contributed by atoms with E-state index in [9.17, 15) is 9.59 Å². The van der Waals surface area contributed by atoms with E-state index in [-0.39, 0.29) is 11.3 Å². The number of allylic oxidation sites excluding steroid dienone is 1. The molecular weight excluding hydrogens is 276 g/mol. The molecule has 0 bridgehead atoms. The molecule has 0 amide bonds. The minimum Gasteiger partial charge on any atom is -0.478 e. The summed E-state index contributed by atoms with van der Waals surface area (Å²) in [5.41, 5.74) is 2.86. The number of carboxylic acid groups (broad SMARTS) is 1. The van der Waals surface area contributed by atoms with Crippen molar-refractivity contribution in [3.8, 4) is 0 Å². The van der Waals surface area contributed by atoms with E-state index in [1.807, 2.05) is 24.3 Å². The molecule has 22 heavy (non-hydrogen) atoms. The van der Waals surface area contributed by atoms with Gasteiger partial charge in [-0.3, -0.25) is 4.79 Å². The van der Waals surface area contributed by atoms with E-state index in [2.05, 4.69) is 13.8 Å². The van der Waals surface area contributed by atoms with E-state index in [4.69, 9.17) is 5.11 Å². The molecule has 0 spiro atoms. The van der Waals surface area contributed by atoms with E-state index in [0.29, 0.717) is 11.5 Å². The van der Waals surface area contributed by atoms with Gasteiger partial charge >= 0.3 is 5.97 Å².